The van der Waals surface area contributed by atoms with E-state index in [0.717, 1.165) is 13.2 Å². The van der Waals surface area contributed by atoms with Gasteiger partial charge in [0.1, 0.15) is 5.02 Å². The average molecular weight is 284 g/mol. The first kappa shape index (κ1) is 12.9. The van der Waals surface area contributed by atoms with Crippen LogP contribution in [-0.4, -0.2) is 53.3 Å². The summed E-state index contributed by atoms with van der Waals surface area (Å²) in [6.07, 6.45) is 4.21. The lowest BCUT2D eigenvalue weighted by Crippen LogP contribution is -2.48. The van der Waals surface area contributed by atoms with Crippen molar-refractivity contribution in [3.63, 3.8) is 0 Å². The summed E-state index contributed by atoms with van der Waals surface area (Å²) >= 11 is 6.01. The van der Waals surface area contributed by atoms with Crippen LogP contribution in [0.1, 0.15) is 12.8 Å². The first-order valence-electron chi connectivity index (χ1n) is 6.60. The van der Waals surface area contributed by atoms with Crippen molar-refractivity contribution < 1.29 is 4.74 Å². The minimum atomic E-state index is 0.168. The Morgan fingerprint density at radius 2 is 2.47 bits per heavy atom. The van der Waals surface area contributed by atoms with E-state index in [1.165, 1.54) is 25.6 Å². The highest BCUT2D eigenvalue weighted by molar-refractivity contribution is 6.32. The third-order valence-corrected chi connectivity index (χ3v) is 4.00. The molecule has 1 aromatic rings. The Morgan fingerprint density at radius 1 is 1.58 bits per heavy atom. The molecule has 0 saturated carbocycles. The molecule has 0 radical (unpaired) electrons. The van der Waals surface area contributed by atoms with Gasteiger partial charge in [0.2, 0.25) is 5.95 Å². The predicted octanol–water partition coefficient (Wildman–Crippen LogP) is 0.987. The fourth-order valence-corrected chi connectivity index (χ4v) is 2.88. The fourth-order valence-electron chi connectivity index (χ4n) is 2.72. The number of nitrogen functional groups attached to an aromatic ring is 1. The molecule has 3 heterocycles. The van der Waals surface area contributed by atoms with Crippen molar-refractivity contribution in [3.8, 4) is 0 Å². The first-order chi connectivity index (χ1) is 9.22. The molecule has 2 aliphatic heterocycles. The van der Waals surface area contributed by atoms with E-state index < -0.39 is 0 Å². The third kappa shape index (κ3) is 2.91. The summed E-state index contributed by atoms with van der Waals surface area (Å²) in [6, 6.07) is 0.620. The maximum atomic E-state index is 6.01. The number of nitrogens with two attached hydrogens (primary N) is 1. The van der Waals surface area contributed by atoms with E-state index in [2.05, 4.69) is 20.2 Å². The van der Waals surface area contributed by atoms with Gasteiger partial charge in [0, 0.05) is 19.1 Å². The maximum Gasteiger partial charge on any atom is 0.222 e. The zero-order valence-corrected chi connectivity index (χ0v) is 11.4. The zero-order chi connectivity index (χ0) is 13.2. The Morgan fingerprint density at radius 3 is 3.37 bits per heavy atom. The topological polar surface area (TPSA) is 76.3 Å². The standard InChI is InChI=1S/C12H18ClN5O/c13-10-5-16-12(14)17-11(10)15-4-9-6-18-3-1-2-8(18)7-19-9/h5,8-9H,1-4,6-7H2,(H3,14,15,16,17). The molecule has 1 aromatic heterocycles. The van der Waals surface area contributed by atoms with Crippen LogP contribution in [0, 0.1) is 0 Å². The van der Waals surface area contributed by atoms with Gasteiger partial charge in [0.15, 0.2) is 5.82 Å². The molecular formula is C12H18ClN5O. The molecule has 2 saturated heterocycles. The smallest absolute Gasteiger partial charge is 0.222 e. The molecule has 19 heavy (non-hydrogen) atoms. The van der Waals surface area contributed by atoms with Crippen LogP contribution >= 0.6 is 11.6 Å². The lowest BCUT2D eigenvalue weighted by atomic mass is 10.2. The zero-order valence-electron chi connectivity index (χ0n) is 10.7. The van der Waals surface area contributed by atoms with Crippen LogP contribution in [0.4, 0.5) is 11.8 Å². The van der Waals surface area contributed by atoms with Gasteiger partial charge in [-0.25, -0.2) is 4.98 Å². The number of hydrogen-bond acceptors (Lipinski definition) is 6. The van der Waals surface area contributed by atoms with Crippen LogP contribution in [0.25, 0.3) is 0 Å². The molecule has 104 valence electrons. The minimum absolute atomic E-state index is 0.168. The van der Waals surface area contributed by atoms with Gasteiger partial charge >= 0.3 is 0 Å². The van der Waals surface area contributed by atoms with Gasteiger partial charge in [0.05, 0.1) is 18.9 Å². The van der Waals surface area contributed by atoms with Crippen LogP contribution in [0.15, 0.2) is 6.20 Å². The van der Waals surface area contributed by atoms with Gasteiger partial charge < -0.3 is 15.8 Å². The monoisotopic (exact) mass is 283 g/mol. The molecule has 7 heteroatoms. The van der Waals surface area contributed by atoms with E-state index in [1.54, 1.807) is 0 Å². The maximum absolute atomic E-state index is 6.01. The van der Waals surface area contributed by atoms with Crippen LogP contribution in [-0.2, 0) is 4.74 Å². The lowest BCUT2D eigenvalue weighted by molar-refractivity contribution is -0.0416. The van der Waals surface area contributed by atoms with Crippen LogP contribution in [0.2, 0.25) is 5.02 Å². The quantitative estimate of drug-likeness (QED) is 0.861. The molecule has 2 aliphatic rings. The normalized spacial score (nSPS) is 27.2. The van der Waals surface area contributed by atoms with Gasteiger partial charge in [-0.15, -0.1) is 0 Å². The van der Waals surface area contributed by atoms with Crippen LogP contribution in [0.3, 0.4) is 0 Å². The fraction of sp³-hybridized carbons (Fsp3) is 0.667. The second kappa shape index (κ2) is 5.48. The number of ether oxygens (including phenoxy) is 1. The molecule has 0 aromatic carbocycles. The summed E-state index contributed by atoms with van der Waals surface area (Å²) in [6.45, 7) is 3.66. The number of rotatable bonds is 3. The number of nitrogens with one attached hydrogen (secondary N) is 1. The van der Waals surface area contributed by atoms with Crippen molar-refractivity contribution in [2.24, 2.45) is 0 Å². The van der Waals surface area contributed by atoms with Crippen molar-refractivity contribution in [2.75, 3.05) is 37.3 Å². The summed E-state index contributed by atoms with van der Waals surface area (Å²) in [7, 11) is 0. The molecule has 6 nitrogen and oxygen atoms in total. The number of hydrogen-bond donors (Lipinski definition) is 2. The number of fused-ring (bicyclic) bond motifs is 1. The van der Waals surface area contributed by atoms with Crippen molar-refractivity contribution in [3.05, 3.63) is 11.2 Å². The van der Waals surface area contributed by atoms with E-state index in [-0.39, 0.29) is 12.1 Å². The highest BCUT2D eigenvalue weighted by atomic mass is 35.5. The minimum Gasteiger partial charge on any atom is -0.373 e. The average Bonchev–Trinajstić information content (AvgIpc) is 2.87. The van der Waals surface area contributed by atoms with E-state index >= 15 is 0 Å². The van der Waals surface area contributed by atoms with E-state index in [4.69, 9.17) is 22.1 Å². The molecule has 0 bridgehead atoms. The number of anilines is 2. The van der Waals surface area contributed by atoms with Crippen molar-refractivity contribution >= 4 is 23.4 Å². The molecule has 0 spiro atoms. The second-order valence-corrected chi connectivity index (χ2v) is 5.46. The summed E-state index contributed by atoms with van der Waals surface area (Å²) in [4.78, 5) is 10.4. The summed E-state index contributed by atoms with van der Waals surface area (Å²) < 4.78 is 5.86. The molecule has 3 N–H and O–H groups in total. The summed E-state index contributed by atoms with van der Waals surface area (Å²) in [5.41, 5.74) is 5.55. The van der Waals surface area contributed by atoms with Crippen molar-refractivity contribution in [1.82, 2.24) is 14.9 Å². The Labute approximate surface area is 117 Å². The number of aromatic nitrogens is 2. The van der Waals surface area contributed by atoms with Gasteiger partial charge in [-0.05, 0) is 19.4 Å². The molecule has 2 fully saturated rings. The Hall–Kier alpha value is -1.11. The first-order valence-corrected chi connectivity index (χ1v) is 6.97. The summed E-state index contributed by atoms with van der Waals surface area (Å²) in [5.74, 6) is 0.789. The van der Waals surface area contributed by atoms with Gasteiger partial charge in [-0.1, -0.05) is 11.6 Å². The van der Waals surface area contributed by atoms with Gasteiger partial charge in [-0.2, -0.15) is 4.98 Å². The molecular weight excluding hydrogens is 266 g/mol. The number of halogens is 1. The molecule has 2 atom stereocenters. The Kier molecular flexibility index (Phi) is 3.72. The van der Waals surface area contributed by atoms with Crippen molar-refractivity contribution in [1.29, 1.82) is 0 Å². The molecule has 0 aliphatic carbocycles. The lowest BCUT2D eigenvalue weighted by Gasteiger charge is -2.35. The summed E-state index contributed by atoms with van der Waals surface area (Å²) in [5, 5.41) is 3.66. The van der Waals surface area contributed by atoms with Gasteiger partial charge in [-0.3, -0.25) is 4.90 Å². The van der Waals surface area contributed by atoms with E-state index in [9.17, 15) is 0 Å². The predicted molar refractivity (Wildman–Crippen MR) is 74.3 cm³/mol. The SMILES string of the molecule is Nc1ncc(Cl)c(NCC2CN3CCCC3CO2)n1. The van der Waals surface area contributed by atoms with E-state index in [1.807, 2.05) is 0 Å². The third-order valence-electron chi connectivity index (χ3n) is 3.72. The number of morpholine rings is 1. The highest BCUT2D eigenvalue weighted by Crippen LogP contribution is 2.23. The molecule has 3 rings (SSSR count). The van der Waals surface area contributed by atoms with Crippen LogP contribution in [0.5, 0.6) is 0 Å². The Bertz CT molecular complexity index is 458. The van der Waals surface area contributed by atoms with Crippen LogP contribution < -0.4 is 11.1 Å². The van der Waals surface area contributed by atoms with E-state index in [0.29, 0.717) is 23.4 Å². The molecule has 2 unspecified atom stereocenters. The van der Waals surface area contributed by atoms with Crippen molar-refractivity contribution in [2.45, 2.75) is 25.0 Å². The molecule has 0 amide bonds. The highest BCUT2D eigenvalue weighted by Gasteiger charge is 2.32. The largest absolute Gasteiger partial charge is 0.373 e. The Balaban J connectivity index is 1.56. The second-order valence-electron chi connectivity index (χ2n) is 5.05. The number of nitrogens with zero attached hydrogens (tertiary/aromatic N) is 3. The van der Waals surface area contributed by atoms with Gasteiger partial charge in [0.25, 0.3) is 0 Å².